The van der Waals surface area contributed by atoms with Crippen molar-refractivity contribution in [3.8, 4) is 0 Å². The number of hydrogen-bond donors (Lipinski definition) is 1. The first-order chi connectivity index (χ1) is 8.54. The van der Waals surface area contributed by atoms with Crippen LogP contribution in [0, 0.1) is 11.3 Å². The molecule has 1 fully saturated rings. The lowest BCUT2D eigenvalue weighted by atomic mass is 9.72. The van der Waals surface area contributed by atoms with Crippen molar-refractivity contribution < 1.29 is 5.11 Å². The standard InChI is InChI=1S/C15H22BrNO/c1-15(2)8-9-17(11-12(15)7-10-18)14-6-4-3-5-13(14)16/h3-6,12,18H,7-11H2,1-2H3. The first kappa shape index (κ1) is 13.9. The number of aliphatic hydroxyl groups excluding tert-OH is 1. The largest absolute Gasteiger partial charge is 0.396 e. The van der Waals surface area contributed by atoms with Gasteiger partial charge in [-0.3, -0.25) is 0 Å². The third-order valence-corrected chi connectivity index (χ3v) is 4.91. The van der Waals surface area contributed by atoms with Gasteiger partial charge >= 0.3 is 0 Å². The lowest BCUT2D eigenvalue weighted by molar-refractivity contribution is 0.132. The summed E-state index contributed by atoms with van der Waals surface area (Å²) in [5.74, 6) is 0.559. The molecule has 1 heterocycles. The molecule has 0 bridgehead atoms. The Kier molecular flexibility index (Phi) is 4.33. The van der Waals surface area contributed by atoms with Crippen LogP contribution < -0.4 is 4.90 Å². The Hall–Kier alpha value is -0.540. The third-order valence-electron chi connectivity index (χ3n) is 4.24. The van der Waals surface area contributed by atoms with Gasteiger partial charge in [0, 0.05) is 24.2 Å². The maximum Gasteiger partial charge on any atom is 0.0510 e. The quantitative estimate of drug-likeness (QED) is 0.920. The molecule has 1 aromatic rings. The molecule has 0 aromatic heterocycles. The van der Waals surface area contributed by atoms with Crippen molar-refractivity contribution in [2.75, 3.05) is 24.6 Å². The number of halogens is 1. The number of piperidine rings is 1. The molecule has 0 radical (unpaired) electrons. The monoisotopic (exact) mass is 311 g/mol. The lowest BCUT2D eigenvalue weighted by Gasteiger charge is -2.45. The number of hydrogen-bond acceptors (Lipinski definition) is 2. The summed E-state index contributed by atoms with van der Waals surface area (Å²) < 4.78 is 1.16. The van der Waals surface area contributed by atoms with Crippen molar-refractivity contribution in [1.29, 1.82) is 0 Å². The maximum absolute atomic E-state index is 9.23. The minimum atomic E-state index is 0.290. The molecule has 0 spiro atoms. The van der Waals surface area contributed by atoms with Gasteiger partial charge in [-0.05, 0) is 52.2 Å². The molecular formula is C15H22BrNO. The number of anilines is 1. The van der Waals surface area contributed by atoms with Gasteiger partial charge < -0.3 is 10.0 Å². The van der Waals surface area contributed by atoms with E-state index in [2.05, 4.69) is 52.9 Å². The van der Waals surface area contributed by atoms with Gasteiger partial charge in [-0.1, -0.05) is 26.0 Å². The van der Waals surface area contributed by atoms with E-state index in [4.69, 9.17) is 0 Å². The number of aliphatic hydroxyl groups is 1. The molecule has 1 aliphatic heterocycles. The summed E-state index contributed by atoms with van der Waals surface area (Å²) in [5.41, 5.74) is 1.61. The molecule has 18 heavy (non-hydrogen) atoms. The van der Waals surface area contributed by atoms with Crippen LogP contribution >= 0.6 is 15.9 Å². The molecule has 0 aliphatic carbocycles. The zero-order chi connectivity index (χ0) is 13.2. The van der Waals surface area contributed by atoms with Crippen LogP contribution in [-0.4, -0.2) is 24.8 Å². The smallest absolute Gasteiger partial charge is 0.0510 e. The van der Waals surface area contributed by atoms with Crippen molar-refractivity contribution in [2.45, 2.75) is 26.7 Å². The lowest BCUT2D eigenvalue weighted by Crippen LogP contribution is -2.45. The highest BCUT2D eigenvalue weighted by Crippen LogP contribution is 2.40. The summed E-state index contributed by atoms with van der Waals surface area (Å²) in [6.07, 6.45) is 2.08. The van der Waals surface area contributed by atoms with Gasteiger partial charge in [-0.2, -0.15) is 0 Å². The second kappa shape index (κ2) is 5.62. The van der Waals surface area contributed by atoms with E-state index in [1.54, 1.807) is 0 Å². The van der Waals surface area contributed by atoms with E-state index < -0.39 is 0 Å². The molecule has 2 nitrogen and oxygen atoms in total. The van der Waals surface area contributed by atoms with Crippen LogP contribution in [0.3, 0.4) is 0 Å². The topological polar surface area (TPSA) is 23.5 Å². The molecule has 1 atom stereocenters. The van der Waals surface area contributed by atoms with Crippen molar-refractivity contribution in [3.63, 3.8) is 0 Å². The van der Waals surface area contributed by atoms with E-state index in [1.807, 2.05) is 6.07 Å². The predicted molar refractivity (Wildman–Crippen MR) is 79.9 cm³/mol. The number of benzene rings is 1. The number of para-hydroxylation sites is 1. The van der Waals surface area contributed by atoms with Crippen LogP contribution in [0.4, 0.5) is 5.69 Å². The summed E-state index contributed by atoms with van der Waals surface area (Å²) >= 11 is 3.63. The zero-order valence-corrected chi connectivity index (χ0v) is 12.8. The van der Waals surface area contributed by atoms with Crippen LogP contribution in [0.2, 0.25) is 0 Å². The molecule has 0 saturated carbocycles. The Bertz CT molecular complexity index is 405. The molecule has 1 saturated heterocycles. The Morgan fingerprint density at radius 3 is 2.78 bits per heavy atom. The molecular weight excluding hydrogens is 290 g/mol. The van der Waals surface area contributed by atoms with Crippen LogP contribution in [0.25, 0.3) is 0 Å². The van der Waals surface area contributed by atoms with E-state index >= 15 is 0 Å². The first-order valence-electron chi connectivity index (χ1n) is 6.65. The average Bonchev–Trinajstić information content (AvgIpc) is 2.33. The summed E-state index contributed by atoms with van der Waals surface area (Å²) in [6, 6.07) is 8.39. The predicted octanol–water partition coefficient (Wildman–Crippen LogP) is 3.68. The highest BCUT2D eigenvalue weighted by atomic mass is 79.9. The summed E-state index contributed by atoms with van der Waals surface area (Å²) in [5, 5.41) is 9.23. The molecule has 1 aromatic carbocycles. The van der Waals surface area contributed by atoms with Crippen molar-refractivity contribution in [1.82, 2.24) is 0 Å². The third kappa shape index (κ3) is 2.89. The normalized spacial score (nSPS) is 23.1. The molecule has 2 rings (SSSR count). The Morgan fingerprint density at radius 1 is 1.39 bits per heavy atom. The van der Waals surface area contributed by atoms with E-state index in [1.165, 1.54) is 12.1 Å². The second-order valence-corrected chi connectivity index (χ2v) is 6.70. The fourth-order valence-corrected chi connectivity index (χ4v) is 3.33. The minimum Gasteiger partial charge on any atom is -0.396 e. The van der Waals surface area contributed by atoms with E-state index in [9.17, 15) is 5.11 Å². The molecule has 1 N–H and O–H groups in total. The molecule has 1 unspecified atom stereocenters. The number of rotatable bonds is 3. The Labute approximate surface area is 118 Å². The zero-order valence-electron chi connectivity index (χ0n) is 11.2. The average molecular weight is 312 g/mol. The molecule has 1 aliphatic rings. The minimum absolute atomic E-state index is 0.290. The van der Waals surface area contributed by atoms with Gasteiger partial charge in [0.15, 0.2) is 0 Å². The molecule has 3 heteroatoms. The Balaban J connectivity index is 2.16. The van der Waals surface area contributed by atoms with Gasteiger partial charge in [0.2, 0.25) is 0 Å². The summed E-state index contributed by atoms with van der Waals surface area (Å²) in [4.78, 5) is 2.44. The van der Waals surface area contributed by atoms with Gasteiger partial charge in [-0.25, -0.2) is 0 Å². The van der Waals surface area contributed by atoms with Crippen molar-refractivity contribution >= 4 is 21.6 Å². The Morgan fingerprint density at radius 2 is 2.11 bits per heavy atom. The van der Waals surface area contributed by atoms with E-state index in [0.29, 0.717) is 11.3 Å². The van der Waals surface area contributed by atoms with Gasteiger partial charge in [0.25, 0.3) is 0 Å². The van der Waals surface area contributed by atoms with Gasteiger partial charge in [0.05, 0.1) is 5.69 Å². The first-order valence-corrected chi connectivity index (χ1v) is 7.44. The van der Waals surface area contributed by atoms with Gasteiger partial charge in [-0.15, -0.1) is 0 Å². The molecule has 0 amide bonds. The highest BCUT2D eigenvalue weighted by molar-refractivity contribution is 9.10. The second-order valence-electron chi connectivity index (χ2n) is 5.85. The fourth-order valence-electron chi connectivity index (χ4n) is 2.80. The van der Waals surface area contributed by atoms with E-state index in [0.717, 1.165) is 24.0 Å². The van der Waals surface area contributed by atoms with Crippen molar-refractivity contribution in [3.05, 3.63) is 28.7 Å². The molecule has 100 valence electrons. The number of nitrogens with zero attached hydrogens (tertiary/aromatic N) is 1. The summed E-state index contributed by atoms with van der Waals surface area (Å²) in [7, 11) is 0. The van der Waals surface area contributed by atoms with Crippen LogP contribution in [0.15, 0.2) is 28.7 Å². The summed E-state index contributed by atoms with van der Waals surface area (Å²) in [6.45, 7) is 7.07. The fraction of sp³-hybridized carbons (Fsp3) is 0.600. The highest BCUT2D eigenvalue weighted by Gasteiger charge is 2.35. The maximum atomic E-state index is 9.23. The van der Waals surface area contributed by atoms with Crippen molar-refractivity contribution in [2.24, 2.45) is 11.3 Å². The van der Waals surface area contributed by atoms with E-state index in [-0.39, 0.29) is 6.61 Å². The van der Waals surface area contributed by atoms with Crippen LogP contribution in [0.5, 0.6) is 0 Å². The van der Waals surface area contributed by atoms with Gasteiger partial charge in [0.1, 0.15) is 0 Å². The van der Waals surface area contributed by atoms with Crippen LogP contribution in [-0.2, 0) is 0 Å². The SMILES string of the molecule is CC1(C)CCN(c2ccccc2Br)CC1CCO. The van der Waals surface area contributed by atoms with Crippen LogP contribution in [0.1, 0.15) is 26.7 Å².